The highest BCUT2D eigenvalue weighted by atomic mass is 32.2. The highest BCUT2D eigenvalue weighted by molar-refractivity contribution is 7.99. The van der Waals surface area contributed by atoms with Crippen molar-refractivity contribution in [2.24, 2.45) is 5.10 Å². The zero-order valence-corrected chi connectivity index (χ0v) is 15.3. The van der Waals surface area contributed by atoms with Crippen molar-refractivity contribution in [3.63, 3.8) is 0 Å². The predicted octanol–water partition coefficient (Wildman–Crippen LogP) is 1.95. The minimum Gasteiger partial charge on any atom is -0.334 e. The Morgan fingerprint density at radius 2 is 1.96 bits per heavy atom. The van der Waals surface area contributed by atoms with Gasteiger partial charge < -0.3 is 11.2 Å². The van der Waals surface area contributed by atoms with Crippen molar-refractivity contribution in [2.45, 2.75) is 12.1 Å². The number of carbonyl (C=O) groups is 1. The summed E-state index contributed by atoms with van der Waals surface area (Å²) in [5, 5.41) is 15.3. The first-order valence-corrected chi connectivity index (χ1v) is 9.02. The summed E-state index contributed by atoms with van der Waals surface area (Å²) in [4.78, 5) is 16.0. The maximum absolute atomic E-state index is 12.0. The summed E-state index contributed by atoms with van der Waals surface area (Å²) < 4.78 is 1.25. The van der Waals surface area contributed by atoms with Crippen molar-refractivity contribution in [1.29, 1.82) is 0 Å². The number of benzene rings is 1. The fraction of sp³-hybridized carbons (Fsp3) is 0.118. The molecule has 3 aromatic rings. The molecule has 2 heterocycles. The monoisotopic (exact) mass is 382 g/mol. The molecule has 0 aliphatic carbocycles. The van der Waals surface area contributed by atoms with Crippen molar-refractivity contribution < 1.29 is 4.79 Å². The number of anilines is 2. The van der Waals surface area contributed by atoms with Gasteiger partial charge >= 0.3 is 0 Å². The number of rotatable bonds is 7. The van der Waals surface area contributed by atoms with Gasteiger partial charge in [-0.05, 0) is 24.6 Å². The van der Waals surface area contributed by atoms with Gasteiger partial charge in [-0.15, -0.1) is 10.2 Å². The average Bonchev–Trinajstić information content (AvgIpc) is 3.05. The third-order valence-electron chi connectivity index (χ3n) is 3.44. The molecule has 3 rings (SSSR count). The predicted molar refractivity (Wildman–Crippen MR) is 106 cm³/mol. The van der Waals surface area contributed by atoms with Crippen LogP contribution in [-0.4, -0.2) is 37.2 Å². The van der Waals surface area contributed by atoms with Gasteiger partial charge in [0.25, 0.3) is 5.95 Å². The van der Waals surface area contributed by atoms with E-state index in [1.165, 1.54) is 4.68 Å². The number of nitrogen functional groups attached to an aromatic ring is 1. The van der Waals surface area contributed by atoms with Gasteiger partial charge in [-0.3, -0.25) is 4.79 Å². The number of hydrogen-bond acceptors (Lipinski definition) is 8. The molecule has 27 heavy (non-hydrogen) atoms. The molecule has 138 valence electrons. The molecule has 0 saturated heterocycles. The summed E-state index contributed by atoms with van der Waals surface area (Å²) in [6, 6.07) is 15.0. The number of nitrogens with one attached hydrogen (secondary N) is 2. The minimum absolute atomic E-state index is 0.123. The van der Waals surface area contributed by atoms with E-state index in [0.717, 1.165) is 23.0 Å². The van der Waals surface area contributed by atoms with Crippen LogP contribution >= 0.6 is 11.8 Å². The van der Waals surface area contributed by atoms with Gasteiger partial charge in [0.05, 0.1) is 11.5 Å². The molecule has 9 nitrogen and oxygen atoms in total. The Morgan fingerprint density at radius 3 is 2.70 bits per heavy atom. The van der Waals surface area contributed by atoms with Crippen molar-refractivity contribution >= 4 is 35.1 Å². The van der Waals surface area contributed by atoms with E-state index in [0.29, 0.717) is 11.0 Å². The number of hydrazone groups is 1. The summed E-state index contributed by atoms with van der Waals surface area (Å²) >= 11 is 1.16. The zero-order valence-electron chi connectivity index (χ0n) is 14.5. The van der Waals surface area contributed by atoms with Crippen LogP contribution in [0, 0.1) is 0 Å². The molecular formula is C17H18N8OS. The molecule has 0 fully saturated rings. The summed E-state index contributed by atoms with van der Waals surface area (Å²) in [6.07, 6.45) is 1.61. The van der Waals surface area contributed by atoms with Crippen LogP contribution in [0.5, 0.6) is 0 Å². The Morgan fingerprint density at radius 1 is 1.19 bits per heavy atom. The SMILES string of the molecule is C/C(=N\Nc1nnc(SCC(=O)Nc2ccccn2)n1N)c1ccccc1. The van der Waals surface area contributed by atoms with E-state index in [-0.39, 0.29) is 17.6 Å². The highest BCUT2D eigenvalue weighted by Crippen LogP contribution is 2.17. The number of amides is 1. The van der Waals surface area contributed by atoms with E-state index in [1.807, 2.05) is 37.3 Å². The first kappa shape index (κ1) is 18.4. The topological polar surface area (TPSA) is 123 Å². The maximum atomic E-state index is 12.0. The summed E-state index contributed by atoms with van der Waals surface area (Å²) in [6.45, 7) is 1.87. The number of pyridine rings is 1. The number of carbonyl (C=O) groups excluding carboxylic acids is 1. The van der Waals surface area contributed by atoms with Crippen LogP contribution in [0.3, 0.4) is 0 Å². The molecule has 0 bridgehead atoms. The van der Waals surface area contributed by atoms with E-state index in [1.54, 1.807) is 24.4 Å². The molecule has 0 radical (unpaired) electrons. The van der Waals surface area contributed by atoms with E-state index >= 15 is 0 Å². The summed E-state index contributed by atoms with van der Waals surface area (Å²) in [5.41, 5.74) is 4.55. The van der Waals surface area contributed by atoms with Crippen LogP contribution in [-0.2, 0) is 4.79 Å². The van der Waals surface area contributed by atoms with Crippen molar-refractivity contribution in [2.75, 3.05) is 22.3 Å². The van der Waals surface area contributed by atoms with E-state index in [2.05, 4.69) is 31.0 Å². The molecule has 10 heteroatoms. The van der Waals surface area contributed by atoms with Crippen molar-refractivity contribution in [1.82, 2.24) is 19.9 Å². The minimum atomic E-state index is -0.214. The van der Waals surface area contributed by atoms with Gasteiger partial charge in [0.1, 0.15) is 5.82 Å². The Kier molecular flexibility index (Phi) is 6.00. The first-order chi connectivity index (χ1) is 13.1. The third-order valence-corrected chi connectivity index (χ3v) is 4.39. The quantitative estimate of drug-likeness (QED) is 0.247. The molecular weight excluding hydrogens is 364 g/mol. The summed E-state index contributed by atoms with van der Waals surface area (Å²) in [5.74, 6) is 6.64. The number of nitrogens with zero attached hydrogens (tertiary/aromatic N) is 5. The fourth-order valence-corrected chi connectivity index (χ4v) is 2.73. The second-order valence-electron chi connectivity index (χ2n) is 5.40. The van der Waals surface area contributed by atoms with Crippen LogP contribution < -0.4 is 16.6 Å². The molecule has 1 amide bonds. The number of hydrogen-bond donors (Lipinski definition) is 3. The van der Waals surface area contributed by atoms with Crippen LogP contribution in [0.1, 0.15) is 12.5 Å². The first-order valence-electron chi connectivity index (χ1n) is 8.03. The molecule has 0 aliphatic rings. The molecule has 0 aliphatic heterocycles. The molecule has 0 atom stereocenters. The number of thioether (sulfide) groups is 1. The molecule has 0 spiro atoms. The van der Waals surface area contributed by atoms with Gasteiger partial charge in [0, 0.05) is 6.20 Å². The highest BCUT2D eigenvalue weighted by Gasteiger charge is 2.12. The normalized spacial score (nSPS) is 11.2. The van der Waals surface area contributed by atoms with E-state index < -0.39 is 0 Å². The van der Waals surface area contributed by atoms with Gasteiger partial charge in [-0.2, -0.15) is 5.10 Å². The second-order valence-corrected chi connectivity index (χ2v) is 6.35. The van der Waals surface area contributed by atoms with Crippen molar-refractivity contribution in [3.8, 4) is 0 Å². The van der Waals surface area contributed by atoms with Gasteiger partial charge in [-0.1, -0.05) is 48.2 Å². The lowest BCUT2D eigenvalue weighted by atomic mass is 10.1. The van der Waals surface area contributed by atoms with Crippen LogP contribution in [0.15, 0.2) is 65.0 Å². The lowest BCUT2D eigenvalue weighted by Gasteiger charge is -2.05. The Labute approximate surface area is 160 Å². The molecule has 1 aromatic carbocycles. The number of nitrogens with two attached hydrogens (primary N) is 1. The average molecular weight is 382 g/mol. The number of aromatic nitrogens is 4. The Bertz CT molecular complexity index is 927. The van der Waals surface area contributed by atoms with Crippen LogP contribution in [0.4, 0.5) is 11.8 Å². The van der Waals surface area contributed by atoms with E-state index in [9.17, 15) is 4.79 Å². The summed E-state index contributed by atoms with van der Waals surface area (Å²) in [7, 11) is 0. The van der Waals surface area contributed by atoms with E-state index in [4.69, 9.17) is 5.84 Å². The smallest absolute Gasteiger partial charge is 0.264 e. The second kappa shape index (κ2) is 8.81. The standard InChI is InChI=1S/C17H18N8OS/c1-12(13-7-3-2-4-8-13)21-22-16-23-24-17(25(16)18)27-11-15(26)20-14-9-5-6-10-19-14/h2-10H,11,18H2,1H3,(H,22,23)(H,19,20,26)/b21-12+. The molecule has 4 N–H and O–H groups in total. The molecule has 2 aromatic heterocycles. The molecule has 0 saturated carbocycles. The largest absolute Gasteiger partial charge is 0.334 e. The Hall–Kier alpha value is -3.40. The fourth-order valence-electron chi connectivity index (χ4n) is 2.08. The maximum Gasteiger partial charge on any atom is 0.264 e. The zero-order chi connectivity index (χ0) is 19.1. The van der Waals surface area contributed by atoms with Gasteiger partial charge in [0.15, 0.2) is 0 Å². The Balaban J connectivity index is 1.56. The van der Waals surface area contributed by atoms with Gasteiger partial charge in [-0.25, -0.2) is 15.1 Å². The molecule has 0 unspecified atom stereocenters. The lowest BCUT2D eigenvalue weighted by Crippen LogP contribution is -2.17. The lowest BCUT2D eigenvalue weighted by molar-refractivity contribution is -0.113. The van der Waals surface area contributed by atoms with Crippen LogP contribution in [0.25, 0.3) is 0 Å². The van der Waals surface area contributed by atoms with Gasteiger partial charge in [0.2, 0.25) is 11.1 Å². The van der Waals surface area contributed by atoms with Crippen LogP contribution in [0.2, 0.25) is 0 Å². The third kappa shape index (κ3) is 5.05. The van der Waals surface area contributed by atoms with Crippen molar-refractivity contribution in [3.05, 3.63) is 60.3 Å².